The van der Waals surface area contributed by atoms with Gasteiger partial charge >= 0.3 is 6.03 Å². The summed E-state index contributed by atoms with van der Waals surface area (Å²) < 4.78 is 0. The van der Waals surface area contributed by atoms with E-state index in [9.17, 15) is 9.59 Å². The lowest BCUT2D eigenvalue weighted by molar-refractivity contribution is -0.138. The third-order valence-corrected chi connectivity index (χ3v) is 7.80. The van der Waals surface area contributed by atoms with Crippen molar-refractivity contribution in [2.24, 2.45) is 17.6 Å². The van der Waals surface area contributed by atoms with Crippen LogP contribution in [0.15, 0.2) is 54.6 Å². The minimum absolute atomic E-state index is 0.229. The van der Waals surface area contributed by atoms with E-state index in [0.29, 0.717) is 19.1 Å². The van der Waals surface area contributed by atoms with Crippen molar-refractivity contribution in [2.45, 2.75) is 65.0 Å². The molecule has 0 spiro atoms. The number of piperidine rings is 1. The van der Waals surface area contributed by atoms with E-state index >= 15 is 0 Å². The van der Waals surface area contributed by atoms with Crippen molar-refractivity contribution in [1.82, 2.24) is 20.0 Å². The SMILES string of the molecule is CCN1CCCCC1c1ccc(CNC(Nc2ccccc2)C2C(=O)N(C)C(=O)N(CC(C)C)C2N)cc1. The lowest BCUT2D eigenvalue weighted by Crippen LogP contribution is -2.69. The van der Waals surface area contributed by atoms with Gasteiger partial charge in [0.25, 0.3) is 0 Å². The topological polar surface area (TPSA) is 93.9 Å². The van der Waals surface area contributed by atoms with Gasteiger partial charge in [-0.2, -0.15) is 0 Å². The molecule has 2 heterocycles. The first kappa shape index (κ1) is 28.1. The van der Waals surface area contributed by atoms with E-state index in [1.807, 2.05) is 44.2 Å². The van der Waals surface area contributed by atoms with Gasteiger partial charge in [-0.15, -0.1) is 0 Å². The molecule has 0 aromatic heterocycles. The molecule has 0 aliphatic carbocycles. The van der Waals surface area contributed by atoms with Crippen LogP contribution in [0.2, 0.25) is 0 Å². The summed E-state index contributed by atoms with van der Waals surface area (Å²) in [5.41, 5.74) is 10.0. The Bertz CT molecular complexity index is 1060. The second-order valence-electron chi connectivity index (χ2n) is 11.0. The monoisotopic (exact) mass is 520 g/mol. The molecule has 0 saturated carbocycles. The van der Waals surface area contributed by atoms with Crippen LogP contribution >= 0.6 is 0 Å². The maximum absolute atomic E-state index is 13.4. The largest absolute Gasteiger partial charge is 0.369 e. The molecule has 4 N–H and O–H groups in total. The van der Waals surface area contributed by atoms with Gasteiger partial charge in [0.05, 0.1) is 12.3 Å². The first-order valence-electron chi connectivity index (χ1n) is 14.0. The van der Waals surface area contributed by atoms with Gasteiger partial charge in [-0.3, -0.25) is 19.9 Å². The van der Waals surface area contributed by atoms with Crippen molar-refractivity contribution >= 4 is 17.6 Å². The predicted molar refractivity (Wildman–Crippen MR) is 152 cm³/mol. The highest BCUT2D eigenvalue weighted by molar-refractivity contribution is 5.98. The molecule has 38 heavy (non-hydrogen) atoms. The van der Waals surface area contributed by atoms with E-state index in [4.69, 9.17) is 5.73 Å². The molecule has 206 valence electrons. The molecule has 0 radical (unpaired) electrons. The minimum atomic E-state index is -0.740. The number of nitrogens with one attached hydrogen (secondary N) is 2. The quantitative estimate of drug-likeness (QED) is 0.407. The van der Waals surface area contributed by atoms with Crippen LogP contribution in [0.25, 0.3) is 0 Å². The molecule has 3 amide bonds. The van der Waals surface area contributed by atoms with E-state index in [-0.39, 0.29) is 17.9 Å². The Hall–Kier alpha value is -2.94. The number of para-hydroxylation sites is 1. The average molecular weight is 521 g/mol. The lowest BCUT2D eigenvalue weighted by atomic mass is 9.94. The number of nitrogens with zero attached hydrogens (tertiary/aromatic N) is 3. The Morgan fingerprint density at radius 2 is 1.74 bits per heavy atom. The first-order valence-corrected chi connectivity index (χ1v) is 14.0. The summed E-state index contributed by atoms with van der Waals surface area (Å²) in [6.45, 7) is 9.61. The fourth-order valence-electron chi connectivity index (χ4n) is 5.73. The zero-order valence-electron chi connectivity index (χ0n) is 23.3. The second kappa shape index (κ2) is 12.7. The zero-order valence-corrected chi connectivity index (χ0v) is 23.3. The van der Waals surface area contributed by atoms with Gasteiger partial charge in [-0.25, -0.2) is 4.79 Å². The molecule has 4 rings (SSSR count). The number of nitrogens with two attached hydrogens (primary N) is 1. The maximum atomic E-state index is 13.4. The molecule has 2 aliphatic heterocycles. The van der Waals surface area contributed by atoms with E-state index in [1.165, 1.54) is 29.7 Å². The number of rotatable bonds is 10. The van der Waals surface area contributed by atoms with Gasteiger partial charge in [-0.05, 0) is 55.1 Å². The van der Waals surface area contributed by atoms with Crippen LogP contribution in [0.3, 0.4) is 0 Å². The van der Waals surface area contributed by atoms with E-state index < -0.39 is 18.2 Å². The summed E-state index contributed by atoms with van der Waals surface area (Å²) in [5, 5.41) is 7.04. The van der Waals surface area contributed by atoms with Crippen molar-refractivity contribution in [3.8, 4) is 0 Å². The highest BCUT2D eigenvalue weighted by Crippen LogP contribution is 2.31. The Balaban J connectivity index is 1.53. The Labute approximate surface area is 227 Å². The molecule has 8 heteroatoms. The fourth-order valence-corrected chi connectivity index (χ4v) is 5.73. The van der Waals surface area contributed by atoms with Gasteiger partial charge in [0.15, 0.2) is 0 Å². The normalized spacial score (nSPS) is 23.7. The number of likely N-dealkylation sites (tertiary alicyclic amines) is 1. The number of carbonyl (C=O) groups is 2. The Morgan fingerprint density at radius 1 is 1.03 bits per heavy atom. The summed E-state index contributed by atoms with van der Waals surface area (Å²) in [4.78, 5) is 31.7. The number of hydrogen-bond donors (Lipinski definition) is 3. The van der Waals surface area contributed by atoms with Gasteiger partial charge in [0.2, 0.25) is 5.91 Å². The van der Waals surface area contributed by atoms with Crippen LogP contribution in [0.1, 0.15) is 57.2 Å². The molecular weight excluding hydrogens is 476 g/mol. The summed E-state index contributed by atoms with van der Waals surface area (Å²) in [6, 6.07) is 18.8. The second-order valence-corrected chi connectivity index (χ2v) is 11.0. The van der Waals surface area contributed by atoms with Crippen LogP contribution in [0.4, 0.5) is 10.5 Å². The number of imide groups is 1. The maximum Gasteiger partial charge on any atom is 0.327 e. The Kier molecular flexibility index (Phi) is 9.41. The van der Waals surface area contributed by atoms with Crippen LogP contribution in [0, 0.1) is 11.8 Å². The van der Waals surface area contributed by atoms with E-state index in [1.54, 1.807) is 11.9 Å². The lowest BCUT2D eigenvalue weighted by Gasteiger charge is -2.45. The zero-order chi connectivity index (χ0) is 27.2. The van der Waals surface area contributed by atoms with Crippen molar-refractivity contribution in [3.05, 3.63) is 65.7 Å². The molecular formula is C30H44N6O2. The molecule has 2 aromatic rings. The van der Waals surface area contributed by atoms with Crippen LogP contribution in [0.5, 0.6) is 0 Å². The van der Waals surface area contributed by atoms with Crippen molar-refractivity contribution in [2.75, 3.05) is 32.0 Å². The van der Waals surface area contributed by atoms with E-state index in [2.05, 4.69) is 46.7 Å². The molecule has 2 aliphatic rings. The van der Waals surface area contributed by atoms with Crippen LogP contribution in [-0.4, -0.2) is 65.7 Å². The Morgan fingerprint density at radius 3 is 2.39 bits per heavy atom. The molecule has 8 nitrogen and oxygen atoms in total. The minimum Gasteiger partial charge on any atom is -0.369 e. The summed E-state index contributed by atoms with van der Waals surface area (Å²) in [7, 11) is 1.54. The van der Waals surface area contributed by atoms with Gasteiger partial charge in [0.1, 0.15) is 5.92 Å². The van der Waals surface area contributed by atoms with Crippen LogP contribution in [-0.2, 0) is 11.3 Å². The molecule has 2 fully saturated rings. The van der Waals surface area contributed by atoms with Gasteiger partial charge in [-0.1, -0.05) is 69.7 Å². The predicted octanol–water partition coefficient (Wildman–Crippen LogP) is 4.21. The first-order chi connectivity index (χ1) is 18.3. The number of anilines is 1. The summed E-state index contributed by atoms with van der Waals surface area (Å²) in [6.07, 6.45) is 2.54. The molecule has 0 bridgehead atoms. The molecule has 4 unspecified atom stereocenters. The summed E-state index contributed by atoms with van der Waals surface area (Å²) in [5.74, 6) is -0.709. The molecule has 2 aromatic carbocycles. The third kappa shape index (κ3) is 6.37. The highest BCUT2D eigenvalue weighted by atomic mass is 16.2. The van der Waals surface area contributed by atoms with Crippen molar-refractivity contribution in [1.29, 1.82) is 0 Å². The summed E-state index contributed by atoms with van der Waals surface area (Å²) >= 11 is 0. The number of carbonyl (C=O) groups excluding carboxylic acids is 2. The number of benzene rings is 2. The number of urea groups is 1. The third-order valence-electron chi connectivity index (χ3n) is 7.80. The standard InChI is InChI=1S/C30H44N6O2/c1-5-35-18-10-9-13-25(35)23-16-14-22(15-17-23)19-32-28(33-24-11-7-6-8-12-24)26-27(31)36(20-21(2)3)30(38)34(4)29(26)37/h6-8,11-12,14-17,21,25-28,32-33H,5,9-10,13,18-20,31H2,1-4H3. The van der Waals surface area contributed by atoms with E-state index in [0.717, 1.165) is 24.3 Å². The van der Waals surface area contributed by atoms with Gasteiger partial charge in [0, 0.05) is 31.9 Å². The van der Waals surface area contributed by atoms with Gasteiger partial charge < -0.3 is 16.0 Å². The van der Waals surface area contributed by atoms with Crippen LogP contribution < -0.4 is 16.4 Å². The number of amides is 3. The molecule has 4 atom stereocenters. The highest BCUT2D eigenvalue weighted by Gasteiger charge is 2.47. The van der Waals surface area contributed by atoms with Crippen molar-refractivity contribution < 1.29 is 9.59 Å². The van der Waals surface area contributed by atoms with Crippen molar-refractivity contribution in [3.63, 3.8) is 0 Å². The molecule has 2 saturated heterocycles. The fraction of sp³-hybridized carbons (Fsp3) is 0.533. The average Bonchev–Trinajstić information content (AvgIpc) is 2.93. The number of hydrogen-bond acceptors (Lipinski definition) is 6. The smallest absolute Gasteiger partial charge is 0.327 e.